The third-order valence-electron chi connectivity index (χ3n) is 6.99. The first-order valence-corrected chi connectivity index (χ1v) is 16.0. The van der Waals surface area contributed by atoms with E-state index in [0.29, 0.717) is 29.9 Å². The molecule has 7 atom stereocenters. The number of nitrogens with one attached hydrogen (secondary N) is 2. The van der Waals surface area contributed by atoms with Crippen molar-refractivity contribution >= 4 is 59.3 Å². The Hall–Kier alpha value is -2.23. The number of methoxy groups -OCH3 is 1. The molecule has 0 saturated carbocycles. The van der Waals surface area contributed by atoms with Gasteiger partial charge in [0, 0.05) is 35.4 Å². The number of nitrogens with two attached hydrogens (primary N) is 1. The van der Waals surface area contributed by atoms with E-state index in [1.165, 1.54) is 32.4 Å². The number of aliphatic hydroxyl groups excluding tert-OH is 1. The Bertz CT molecular complexity index is 1390. The summed E-state index contributed by atoms with van der Waals surface area (Å²) in [6.45, 7) is 4.23. The molecule has 240 valence electrons. The molecular formula is C23H35IN7O11P. The molecule has 20 heteroatoms. The van der Waals surface area contributed by atoms with Crippen LogP contribution >= 0.6 is 30.3 Å². The van der Waals surface area contributed by atoms with Crippen LogP contribution in [0.15, 0.2) is 0 Å². The summed E-state index contributed by atoms with van der Waals surface area (Å²) in [5, 5.41) is 36.6. The van der Waals surface area contributed by atoms with Crippen molar-refractivity contribution in [3.05, 3.63) is 3.83 Å². The topological polar surface area (TPSA) is 252 Å². The number of rotatable bonds is 12. The summed E-state index contributed by atoms with van der Waals surface area (Å²) in [6, 6.07) is -2.53. The first-order chi connectivity index (χ1) is 20.2. The monoisotopic (exact) mass is 743 g/mol. The highest BCUT2D eigenvalue weighted by Gasteiger charge is 2.54. The molecule has 2 aliphatic heterocycles. The second-order valence-electron chi connectivity index (χ2n) is 10.3. The lowest BCUT2D eigenvalue weighted by atomic mass is 9.96. The second-order valence-corrected chi connectivity index (χ2v) is 13.2. The number of hydrogen-bond donors (Lipinski definition) is 6. The molecule has 2 saturated heterocycles. The van der Waals surface area contributed by atoms with Gasteiger partial charge >= 0.3 is 19.6 Å². The molecule has 2 fully saturated rings. The Labute approximate surface area is 259 Å². The minimum absolute atomic E-state index is 0.0901. The number of carboxylic acids is 1. The van der Waals surface area contributed by atoms with Crippen molar-refractivity contribution in [2.45, 2.75) is 75.8 Å². The summed E-state index contributed by atoms with van der Waals surface area (Å²) in [6.07, 6.45) is -3.51. The van der Waals surface area contributed by atoms with E-state index < -0.39 is 62.3 Å². The van der Waals surface area contributed by atoms with Crippen LogP contribution in [0.2, 0.25) is 0 Å². The number of nitrogen functional groups attached to an aromatic ring is 1. The Morgan fingerprint density at radius 1 is 1.23 bits per heavy atom. The van der Waals surface area contributed by atoms with Gasteiger partial charge in [0.15, 0.2) is 21.2 Å². The molecule has 0 aliphatic carbocycles. The fraction of sp³-hybridized carbons (Fsp3) is 0.696. The van der Waals surface area contributed by atoms with E-state index in [1.807, 2.05) is 22.6 Å². The van der Waals surface area contributed by atoms with Crippen LogP contribution in [0.4, 0.5) is 5.95 Å². The van der Waals surface area contributed by atoms with Gasteiger partial charge in [-0.3, -0.25) is 18.7 Å². The molecule has 2 aromatic heterocycles. The van der Waals surface area contributed by atoms with Gasteiger partial charge in [0.2, 0.25) is 11.8 Å². The van der Waals surface area contributed by atoms with Gasteiger partial charge in [-0.25, -0.2) is 15.2 Å². The number of anilines is 1. The van der Waals surface area contributed by atoms with E-state index in [9.17, 15) is 29.5 Å². The number of carbonyl (C=O) groups excluding carboxylic acids is 1. The Balaban J connectivity index is 1.53. The van der Waals surface area contributed by atoms with Crippen molar-refractivity contribution < 1.29 is 52.9 Å². The summed E-state index contributed by atoms with van der Waals surface area (Å²) in [5.74, 6) is -2.09. The summed E-state index contributed by atoms with van der Waals surface area (Å²) < 4.78 is 43.1. The highest BCUT2D eigenvalue weighted by Crippen LogP contribution is 2.45. The van der Waals surface area contributed by atoms with Crippen LogP contribution in [0.5, 0.6) is 5.88 Å². The molecule has 2 aliphatic rings. The maximum absolute atomic E-state index is 13.8. The number of imidazole rings is 1. The van der Waals surface area contributed by atoms with Crippen molar-refractivity contribution in [3.63, 3.8) is 0 Å². The number of nitrogens with zero attached hydrogens (tertiary/aromatic N) is 4. The maximum atomic E-state index is 13.8. The number of fused-ring (bicyclic) bond motifs is 1. The molecule has 7 N–H and O–H groups in total. The SMILES string of the molecule is COc1nc(N)nc2c1nc(I)n2[C@@H]1O[C@H](COP(=O)(NC(C)C(=O)O)NC(C)C(=O)OC2CCOCC2)[C@@H](O)[C@@]1(C)O. The van der Waals surface area contributed by atoms with Gasteiger partial charge in [-0.05, 0) is 20.8 Å². The zero-order valence-corrected chi connectivity index (χ0v) is 26.9. The van der Waals surface area contributed by atoms with Gasteiger partial charge in [-0.2, -0.15) is 9.97 Å². The summed E-state index contributed by atoms with van der Waals surface area (Å²) >= 11 is 1.88. The molecule has 0 aromatic carbocycles. The van der Waals surface area contributed by atoms with E-state index in [4.69, 9.17) is 29.2 Å². The van der Waals surface area contributed by atoms with Crippen LogP contribution in [-0.2, 0) is 32.9 Å². The van der Waals surface area contributed by atoms with Crippen molar-refractivity contribution in [2.24, 2.45) is 0 Å². The second kappa shape index (κ2) is 13.4. The smallest absolute Gasteiger partial charge is 0.342 e. The van der Waals surface area contributed by atoms with Crippen molar-refractivity contribution in [1.29, 1.82) is 0 Å². The standard InChI is InChI=1S/C23H35IN7O11P/c1-10(18(33)34)29-43(37,30-11(2)19(35)41-12-5-7-39-8-6-12)40-9-13-15(32)23(3,36)20(42-13)31-16-14(26-21(31)24)17(38-4)28-22(25)27-16/h10-13,15,20,32,36H,5-9H2,1-4H3,(H,33,34)(H2,25,27,28)(H2,29,30,37)/t10?,11?,13-,15-,20-,23-,43?/m1/s1. The quantitative estimate of drug-likeness (QED) is 0.0720. The van der Waals surface area contributed by atoms with Gasteiger partial charge in [0.25, 0.3) is 0 Å². The highest BCUT2D eigenvalue weighted by molar-refractivity contribution is 14.1. The number of halogens is 1. The number of aliphatic carboxylic acids is 1. The molecular weight excluding hydrogens is 708 g/mol. The lowest BCUT2D eigenvalue weighted by Crippen LogP contribution is -2.46. The average molecular weight is 743 g/mol. The lowest BCUT2D eigenvalue weighted by Gasteiger charge is -2.28. The Morgan fingerprint density at radius 2 is 1.88 bits per heavy atom. The molecule has 18 nitrogen and oxygen atoms in total. The highest BCUT2D eigenvalue weighted by atomic mass is 127. The first-order valence-electron chi connectivity index (χ1n) is 13.3. The summed E-state index contributed by atoms with van der Waals surface area (Å²) in [5.41, 5.74) is 4.27. The minimum Gasteiger partial charge on any atom is -0.480 e. The molecule has 2 aromatic rings. The lowest BCUT2D eigenvalue weighted by molar-refractivity contribution is -0.154. The van der Waals surface area contributed by atoms with Crippen molar-refractivity contribution in [3.8, 4) is 5.88 Å². The van der Waals surface area contributed by atoms with Gasteiger partial charge < -0.3 is 44.5 Å². The van der Waals surface area contributed by atoms with Crippen molar-refractivity contribution in [2.75, 3.05) is 32.7 Å². The number of aliphatic hydroxyl groups is 2. The minimum atomic E-state index is -4.31. The summed E-state index contributed by atoms with van der Waals surface area (Å²) in [7, 11) is -2.93. The van der Waals surface area contributed by atoms with Gasteiger partial charge in [0.1, 0.15) is 36.0 Å². The summed E-state index contributed by atoms with van der Waals surface area (Å²) in [4.78, 5) is 36.8. The van der Waals surface area contributed by atoms with Crippen LogP contribution in [0, 0.1) is 3.83 Å². The number of hydrogen-bond acceptors (Lipinski definition) is 14. The fourth-order valence-electron chi connectivity index (χ4n) is 4.61. The molecule has 0 radical (unpaired) electrons. The molecule has 0 amide bonds. The van der Waals surface area contributed by atoms with Gasteiger partial charge in [-0.1, -0.05) is 0 Å². The van der Waals surface area contributed by atoms with E-state index in [2.05, 4.69) is 25.1 Å². The van der Waals surface area contributed by atoms with Crippen LogP contribution in [0.3, 0.4) is 0 Å². The van der Waals surface area contributed by atoms with Crippen LogP contribution < -0.4 is 20.6 Å². The van der Waals surface area contributed by atoms with E-state index in [-0.39, 0.29) is 29.1 Å². The fourth-order valence-corrected chi connectivity index (χ4v) is 7.15. The zero-order valence-electron chi connectivity index (χ0n) is 23.8. The number of esters is 1. The van der Waals surface area contributed by atoms with E-state index in [0.717, 1.165) is 0 Å². The van der Waals surface area contributed by atoms with Crippen molar-refractivity contribution in [1.82, 2.24) is 29.7 Å². The molecule has 0 spiro atoms. The maximum Gasteiger partial charge on any atom is 0.342 e. The van der Waals surface area contributed by atoms with Crippen LogP contribution in [0.1, 0.15) is 39.8 Å². The predicted octanol–water partition coefficient (Wildman–Crippen LogP) is -0.0813. The molecule has 4 rings (SSSR count). The third kappa shape index (κ3) is 7.36. The molecule has 3 unspecified atom stereocenters. The van der Waals surface area contributed by atoms with Gasteiger partial charge in [-0.15, -0.1) is 0 Å². The number of ether oxygens (including phenoxy) is 4. The third-order valence-corrected chi connectivity index (χ3v) is 9.72. The predicted molar refractivity (Wildman–Crippen MR) is 156 cm³/mol. The number of carbonyl (C=O) groups is 2. The Kier molecular flexibility index (Phi) is 10.5. The van der Waals surface area contributed by atoms with Crippen LogP contribution in [-0.4, -0.2) is 110 Å². The van der Waals surface area contributed by atoms with Gasteiger partial charge in [0.05, 0.1) is 26.9 Å². The molecule has 4 heterocycles. The normalized spacial score (nSPS) is 27.5. The largest absolute Gasteiger partial charge is 0.480 e. The van der Waals surface area contributed by atoms with E-state index >= 15 is 0 Å². The number of aromatic nitrogens is 4. The molecule has 43 heavy (non-hydrogen) atoms. The number of carboxylic acid groups (broad SMARTS) is 1. The average Bonchev–Trinajstić information content (AvgIpc) is 3.38. The Morgan fingerprint density at radius 3 is 2.51 bits per heavy atom. The zero-order chi connectivity index (χ0) is 31.7. The first kappa shape index (κ1) is 33.7. The van der Waals surface area contributed by atoms with E-state index in [1.54, 1.807) is 0 Å². The van der Waals surface area contributed by atoms with Crippen LogP contribution in [0.25, 0.3) is 11.2 Å². The molecule has 0 bridgehead atoms.